The molecule has 0 amide bonds. The van der Waals surface area contributed by atoms with Gasteiger partial charge in [0, 0.05) is 24.6 Å². The van der Waals surface area contributed by atoms with Crippen LogP contribution >= 0.6 is 0 Å². The van der Waals surface area contributed by atoms with Crippen LogP contribution in [0.2, 0.25) is 0 Å². The number of rotatable bonds is 8. The molecule has 0 bridgehead atoms. The third-order valence-electron chi connectivity index (χ3n) is 4.58. The Bertz CT molecular complexity index is 903. The highest BCUT2D eigenvalue weighted by molar-refractivity contribution is 5.85. The molecule has 0 aliphatic rings. The summed E-state index contributed by atoms with van der Waals surface area (Å²) in [5.74, 6) is 0.469. The van der Waals surface area contributed by atoms with E-state index in [1.165, 1.54) is 0 Å². The number of anilines is 1. The van der Waals surface area contributed by atoms with E-state index in [1.54, 1.807) is 12.5 Å². The van der Waals surface area contributed by atoms with Crippen LogP contribution in [0.25, 0.3) is 5.69 Å². The van der Waals surface area contributed by atoms with Crippen LogP contribution in [0.15, 0.2) is 49.1 Å². The standard InChI is InChI=1S/C21H24N4O2/c1-15-17(12-18(13-26)21(20(15)22)27-10-8-23-2)11-16-3-5-19(6-4-16)25-9-7-24-14-25/h3-7,9,12-14,23H,8,10-11,22H2,1-2H3. The van der Waals surface area contributed by atoms with E-state index >= 15 is 0 Å². The molecule has 3 rings (SSSR count). The Morgan fingerprint density at radius 1 is 1.30 bits per heavy atom. The van der Waals surface area contributed by atoms with Crippen LogP contribution in [-0.2, 0) is 6.42 Å². The zero-order chi connectivity index (χ0) is 19.2. The molecule has 2 aromatic carbocycles. The first-order valence-corrected chi connectivity index (χ1v) is 8.85. The van der Waals surface area contributed by atoms with Gasteiger partial charge >= 0.3 is 0 Å². The molecule has 3 aromatic rings. The van der Waals surface area contributed by atoms with Crippen molar-refractivity contribution in [3.8, 4) is 11.4 Å². The average Bonchev–Trinajstić information content (AvgIpc) is 3.22. The normalized spacial score (nSPS) is 10.7. The van der Waals surface area contributed by atoms with E-state index in [0.29, 0.717) is 36.6 Å². The number of nitrogens with two attached hydrogens (primary N) is 1. The lowest BCUT2D eigenvalue weighted by atomic mass is 9.96. The second-order valence-corrected chi connectivity index (χ2v) is 6.38. The highest BCUT2D eigenvalue weighted by Crippen LogP contribution is 2.32. The number of hydrogen-bond donors (Lipinski definition) is 2. The van der Waals surface area contributed by atoms with E-state index in [2.05, 4.69) is 22.4 Å². The minimum atomic E-state index is 0.454. The number of carbonyl (C=O) groups is 1. The highest BCUT2D eigenvalue weighted by Gasteiger charge is 2.15. The molecule has 27 heavy (non-hydrogen) atoms. The minimum absolute atomic E-state index is 0.454. The van der Waals surface area contributed by atoms with Crippen molar-refractivity contribution in [2.24, 2.45) is 0 Å². The fraction of sp³-hybridized carbons (Fsp3) is 0.238. The molecule has 0 fully saturated rings. The summed E-state index contributed by atoms with van der Waals surface area (Å²) < 4.78 is 7.67. The topological polar surface area (TPSA) is 82.2 Å². The zero-order valence-corrected chi connectivity index (χ0v) is 15.6. The van der Waals surface area contributed by atoms with Gasteiger partial charge in [-0.25, -0.2) is 4.98 Å². The maximum Gasteiger partial charge on any atom is 0.153 e. The first-order chi connectivity index (χ1) is 13.1. The molecule has 0 aliphatic heterocycles. The summed E-state index contributed by atoms with van der Waals surface area (Å²) in [5, 5.41) is 3.01. The quantitative estimate of drug-likeness (QED) is 0.365. The van der Waals surface area contributed by atoms with E-state index in [9.17, 15) is 4.79 Å². The maximum atomic E-state index is 11.5. The number of imidazole rings is 1. The minimum Gasteiger partial charge on any atom is -0.489 e. The maximum absolute atomic E-state index is 11.5. The Hall–Kier alpha value is -3.12. The second kappa shape index (κ2) is 8.51. The summed E-state index contributed by atoms with van der Waals surface area (Å²) in [4.78, 5) is 15.6. The Morgan fingerprint density at radius 3 is 2.70 bits per heavy atom. The van der Waals surface area contributed by atoms with Gasteiger partial charge in [0.2, 0.25) is 0 Å². The molecule has 1 heterocycles. The van der Waals surface area contributed by atoms with Gasteiger partial charge in [0.05, 0.1) is 17.6 Å². The molecule has 0 radical (unpaired) electrons. The summed E-state index contributed by atoms with van der Waals surface area (Å²) in [5.41, 5.74) is 11.4. The van der Waals surface area contributed by atoms with E-state index in [4.69, 9.17) is 10.5 Å². The predicted molar refractivity (Wildman–Crippen MR) is 107 cm³/mol. The summed E-state index contributed by atoms with van der Waals surface area (Å²) in [7, 11) is 1.85. The fourth-order valence-corrected chi connectivity index (χ4v) is 2.97. The van der Waals surface area contributed by atoms with Crippen molar-refractivity contribution in [2.45, 2.75) is 13.3 Å². The molecule has 0 aliphatic carbocycles. The van der Waals surface area contributed by atoms with E-state index in [1.807, 2.05) is 42.9 Å². The molecule has 0 spiro atoms. The number of aromatic nitrogens is 2. The number of nitrogen functional groups attached to an aromatic ring is 1. The van der Waals surface area contributed by atoms with Crippen LogP contribution in [-0.4, -0.2) is 36.0 Å². The van der Waals surface area contributed by atoms with Gasteiger partial charge in [-0.1, -0.05) is 12.1 Å². The summed E-state index contributed by atoms with van der Waals surface area (Å²) >= 11 is 0. The molecule has 0 atom stereocenters. The van der Waals surface area contributed by atoms with Crippen molar-refractivity contribution in [2.75, 3.05) is 25.9 Å². The summed E-state index contributed by atoms with van der Waals surface area (Å²) in [6, 6.07) is 10.1. The van der Waals surface area contributed by atoms with Crippen LogP contribution in [0, 0.1) is 6.92 Å². The predicted octanol–water partition coefficient (Wildman–Crippen LogP) is 2.76. The van der Waals surface area contributed by atoms with Crippen LogP contribution in [0.4, 0.5) is 5.69 Å². The SMILES string of the molecule is CNCCOc1c(C=O)cc(Cc2ccc(-n3ccnc3)cc2)c(C)c1N. The Labute approximate surface area is 159 Å². The largest absolute Gasteiger partial charge is 0.489 e. The molecule has 0 saturated carbocycles. The zero-order valence-electron chi connectivity index (χ0n) is 15.6. The van der Waals surface area contributed by atoms with Crippen molar-refractivity contribution in [3.63, 3.8) is 0 Å². The van der Waals surface area contributed by atoms with E-state index < -0.39 is 0 Å². The van der Waals surface area contributed by atoms with Crippen molar-refractivity contribution in [1.82, 2.24) is 14.9 Å². The van der Waals surface area contributed by atoms with Gasteiger partial charge in [0.1, 0.15) is 6.61 Å². The number of likely N-dealkylation sites (N-methyl/N-ethyl adjacent to an activating group) is 1. The molecular formula is C21H24N4O2. The Morgan fingerprint density at radius 2 is 2.07 bits per heavy atom. The third kappa shape index (κ3) is 4.17. The van der Waals surface area contributed by atoms with Gasteiger partial charge in [0.15, 0.2) is 12.0 Å². The van der Waals surface area contributed by atoms with E-state index in [0.717, 1.165) is 28.7 Å². The van der Waals surface area contributed by atoms with Crippen LogP contribution in [0.1, 0.15) is 27.0 Å². The number of aldehydes is 1. The molecule has 6 heteroatoms. The smallest absolute Gasteiger partial charge is 0.153 e. The first-order valence-electron chi connectivity index (χ1n) is 8.85. The number of hydrogen-bond acceptors (Lipinski definition) is 5. The molecular weight excluding hydrogens is 340 g/mol. The Kier molecular flexibility index (Phi) is 5.88. The number of nitrogens with one attached hydrogen (secondary N) is 1. The van der Waals surface area contributed by atoms with Gasteiger partial charge in [0.25, 0.3) is 0 Å². The lowest BCUT2D eigenvalue weighted by Gasteiger charge is -2.17. The lowest BCUT2D eigenvalue weighted by molar-refractivity contribution is 0.111. The van der Waals surface area contributed by atoms with Crippen LogP contribution in [0.3, 0.4) is 0 Å². The average molecular weight is 364 g/mol. The van der Waals surface area contributed by atoms with Gasteiger partial charge < -0.3 is 20.4 Å². The van der Waals surface area contributed by atoms with E-state index in [-0.39, 0.29) is 0 Å². The number of nitrogens with zero attached hydrogens (tertiary/aromatic N) is 2. The fourth-order valence-electron chi connectivity index (χ4n) is 2.97. The number of carbonyl (C=O) groups excluding carboxylic acids is 1. The number of benzene rings is 2. The summed E-state index contributed by atoms with van der Waals surface area (Å²) in [6.07, 6.45) is 6.92. The molecule has 0 unspecified atom stereocenters. The van der Waals surface area contributed by atoms with Crippen LogP contribution in [0.5, 0.6) is 5.75 Å². The molecule has 1 aromatic heterocycles. The van der Waals surface area contributed by atoms with Crippen LogP contribution < -0.4 is 15.8 Å². The third-order valence-corrected chi connectivity index (χ3v) is 4.58. The van der Waals surface area contributed by atoms with Crippen molar-refractivity contribution in [1.29, 1.82) is 0 Å². The molecule has 3 N–H and O–H groups in total. The molecule has 140 valence electrons. The highest BCUT2D eigenvalue weighted by atomic mass is 16.5. The van der Waals surface area contributed by atoms with Gasteiger partial charge in [-0.2, -0.15) is 0 Å². The molecule has 0 saturated heterocycles. The monoisotopic (exact) mass is 364 g/mol. The van der Waals surface area contributed by atoms with Crippen molar-refractivity contribution < 1.29 is 9.53 Å². The Balaban J connectivity index is 1.84. The summed E-state index contributed by atoms with van der Waals surface area (Å²) in [6.45, 7) is 3.10. The van der Waals surface area contributed by atoms with Gasteiger partial charge in [-0.05, 0) is 55.3 Å². The van der Waals surface area contributed by atoms with Crippen molar-refractivity contribution in [3.05, 3.63) is 71.3 Å². The molecule has 6 nitrogen and oxygen atoms in total. The van der Waals surface area contributed by atoms with Crippen molar-refractivity contribution >= 4 is 12.0 Å². The van der Waals surface area contributed by atoms with Gasteiger partial charge in [-0.15, -0.1) is 0 Å². The lowest BCUT2D eigenvalue weighted by Crippen LogP contribution is -2.17. The van der Waals surface area contributed by atoms with Gasteiger partial charge in [-0.3, -0.25) is 4.79 Å². The second-order valence-electron chi connectivity index (χ2n) is 6.38. The number of ether oxygens (including phenoxy) is 1. The first kappa shape index (κ1) is 18.7.